The number of hydrogen-bond acceptors (Lipinski definition) is 6. The Bertz CT molecular complexity index is 1060. The number of benzene rings is 2. The molecule has 2 aromatic rings. The first-order valence-electron chi connectivity index (χ1n) is 13.0. The van der Waals surface area contributed by atoms with Gasteiger partial charge in [0.2, 0.25) is 11.8 Å². The van der Waals surface area contributed by atoms with Gasteiger partial charge in [0.15, 0.2) is 0 Å². The van der Waals surface area contributed by atoms with Crippen molar-refractivity contribution in [3.8, 4) is 5.75 Å². The molecule has 8 heteroatoms. The zero-order valence-corrected chi connectivity index (χ0v) is 21.0. The molecule has 2 amide bonds. The minimum atomic E-state index is -0.178. The van der Waals surface area contributed by atoms with Gasteiger partial charge in [0.1, 0.15) is 5.75 Å². The van der Waals surface area contributed by atoms with E-state index in [0.29, 0.717) is 52.4 Å². The zero-order valence-electron chi connectivity index (χ0n) is 21.0. The number of rotatable bonds is 7. The van der Waals surface area contributed by atoms with E-state index in [2.05, 4.69) is 39.4 Å². The van der Waals surface area contributed by atoms with Gasteiger partial charge in [-0.3, -0.25) is 14.5 Å². The van der Waals surface area contributed by atoms with Gasteiger partial charge in [0, 0.05) is 51.0 Å². The number of nitrogens with one attached hydrogen (secondary N) is 1. The lowest BCUT2D eigenvalue weighted by atomic mass is 9.83. The Hall–Kier alpha value is -3.10. The summed E-state index contributed by atoms with van der Waals surface area (Å²) in [5.41, 5.74) is 3.53. The van der Waals surface area contributed by atoms with Gasteiger partial charge < -0.3 is 24.6 Å². The van der Waals surface area contributed by atoms with Crippen LogP contribution < -0.4 is 15.0 Å². The van der Waals surface area contributed by atoms with Crippen molar-refractivity contribution in [3.63, 3.8) is 0 Å². The quantitative estimate of drug-likeness (QED) is 0.633. The first kappa shape index (κ1) is 24.6. The van der Waals surface area contributed by atoms with Crippen LogP contribution in [0.3, 0.4) is 0 Å². The molecule has 1 N–H and O–H groups in total. The predicted molar refractivity (Wildman–Crippen MR) is 138 cm³/mol. The summed E-state index contributed by atoms with van der Waals surface area (Å²) >= 11 is 0. The van der Waals surface area contributed by atoms with Crippen molar-refractivity contribution in [1.82, 2.24) is 15.1 Å². The van der Waals surface area contributed by atoms with Crippen LogP contribution in [0.25, 0.3) is 0 Å². The number of methoxy groups -OCH3 is 1. The summed E-state index contributed by atoms with van der Waals surface area (Å²) in [4.78, 5) is 32.9. The molecule has 36 heavy (non-hydrogen) atoms. The van der Waals surface area contributed by atoms with E-state index in [1.54, 1.807) is 7.11 Å². The van der Waals surface area contributed by atoms with Crippen LogP contribution in [0.5, 0.6) is 5.75 Å². The maximum atomic E-state index is 13.5. The summed E-state index contributed by atoms with van der Waals surface area (Å²) < 4.78 is 10.9. The molecule has 2 aromatic carbocycles. The maximum Gasteiger partial charge on any atom is 0.236 e. The van der Waals surface area contributed by atoms with Crippen molar-refractivity contribution in [1.29, 1.82) is 0 Å². The lowest BCUT2D eigenvalue weighted by Gasteiger charge is -2.49. The molecule has 8 nitrogen and oxygen atoms in total. The molecule has 0 radical (unpaired) electrons. The number of carbonyl (C=O) groups excluding carboxylic acids is 2. The molecule has 2 atom stereocenters. The monoisotopic (exact) mass is 492 g/mol. The molecular weight excluding hydrogens is 456 g/mol. The standard InChI is InChI=1S/C28H36N4O4/c1-35-23-8-7-22-17-24(28(34)29-10-9-21-5-3-2-4-6-21)26-19-30(11-12-32(26)25(22)18-23)20-27(33)31-13-15-36-16-14-31/h2-8,18,24,26H,9-17,19-20H2,1H3,(H,29,34)/t24-,26-/m1/s1. The summed E-state index contributed by atoms with van der Waals surface area (Å²) in [5, 5.41) is 3.20. The van der Waals surface area contributed by atoms with Crippen molar-refractivity contribution in [2.45, 2.75) is 18.9 Å². The highest BCUT2D eigenvalue weighted by molar-refractivity contribution is 5.82. The summed E-state index contributed by atoms with van der Waals surface area (Å²) in [6.45, 7) is 5.75. The highest BCUT2D eigenvalue weighted by Crippen LogP contribution is 2.38. The fourth-order valence-electron chi connectivity index (χ4n) is 5.62. The first-order chi connectivity index (χ1) is 17.6. The van der Waals surface area contributed by atoms with Crippen LogP contribution in [-0.2, 0) is 27.2 Å². The zero-order chi connectivity index (χ0) is 24.9. The Morgan fingerprint density at radius 2 is 1.86 bits per heavy atom. The van der Waals surface area contributed by atoms with Crippen molar-refractivity contribution in [2.24, 2.45) is 5.92 Å². The first-order valence-corrected chi connectivity index (χ1v) is 13.0. The predicted octanol–water partition coefficient (Wildman–Crippen LogP) is 1.58. The molecule has 0 spiro atoms. The summed E-state index contributed by atoms with van der Waals surface area (Å²) in [7, 11) is 1.68. The number of nitrogens with zero attached hydrogens (tertiary/aromatic N) is 3. The van der Waals surface area contributed by atoms with Crippen LogP contribution in [0.2, 0.25) is 0 Å². The summed E-state index contributed by atoms with van der Waals surface area (Å²) in [5.74, 6) is 0.878. The number of piperazine rings is 1. The Morgan fingerprint density at radius 3 is 2.64 bits per heavy atom. The summed E-state index contributed by atoms with van der Waals surface area (Å²) in [6, 6.07) is 16.4. The molecule has 0 bridgehead atoms. The average molecular weight is 493 g/mol. The highest BCUT2D eigenvalue weighted by Gasteiger charge is 2.42. The van der Waals surface area contributed by atoms with Crippen LogP contribution in [0.1, 0.15) is 11.1 Å². The molecule has 0 aliphatic carbocycles. The van der Waals surface area contributed by atoms with E-state index >= 15 is 0 Å². The van der Waals surface area contributed by atoms with Crippen LogP contribution in [0, 0.1) is 5.92 Å². The second-order valence-corrected chi connectivity index (χ2v) is 9.82. The van der Waals surface area contributed by atoms with Crippen LogP contribution in [0.4, 0.5) is 5.69 Å². The number of anilines is 1. The third kappa shape index (κ3) is 5.50. The van der Waals surface area contributed by atoms with Gasteiger partial charge in [-0.05, 0) is 30.0 Å². The van der Waals surface area contributed by atoms with Crippen molar-refractivity contribution in [2.75, 3.05) is 71.0 Å². The van der Waals surface area contributed by atoms with E-state index in [9.17, 15) is 9.59 Å². The van der Waals surface area contributed by atoms with E-state index in [-0.39, 0.29) is 23.8 Å². The number of hydrogen-bond donors (Lipinski definition) is 1. The van der Waals surface area contributed by atoms with Crippen LogP contribution in [-0.4, -0.2) is 93.8 Å². The molecule has 0 aromatic heterocycles. The Kier molecular flexibility index (Phi) is 7.72. The van der Waals surface area contributed by atoms with E-state index in [1.165, 1.54) is 11.1 Å². The van der Waals surface area contributed by atoms with Crippen molar-refractivity contribution in [3.05, 3.63) is 59.7 Å². The van der Waals surface area contributed by atoms with E-state index in [4.69, 9.17) is 9.47 Å². The minimum absolute atomic E-state index is 0.00701. The smallest absolute Gasteiger partial charge is 0.236 e. The normalized spacial score (nSPS) is 21.9. The highest BCUT2D eigenvalue weighted by atomic mass is 16.5. The SMILES string of the molecule is COc1ccc2c(c1)N1CCN(CC(=O)N3CCOCC3)C[C@@H]1[C@H](C(=O)NCCc1ccccc1)C2. The Labute approximate surface area is 213 Å². The molecule has 0 saturated carbocycles. The second-order valence-electron chi connectivity index (χ2n) is 9.82. The topological polar surface area (TPSA) is 74.3 Å². The van der Waals surface area contributed by atoms with Crippen molar-refractivity contribution >= 4 is 17.5 Å². The fraction of sp³-hybridized carbons (Fsp3) is 0.500. The number of morpholine rings is 1. The number of amides is 2. The molecule has 192 valence electrons. The van der Waals surface area contributed by atoms with Crippen LogP contribution in [0.15, 0.2) is 48.5 Å². The molecule has 2 saturated heterocycles. The maximum absolute atomic E-state index is 13.5. The third-order valence-corrected chi connectivity index (χ3v) is 7.62. The van der Waals surface area contributed by atoms with Gasteiger partial charge in [-0.1, -0.05) is 36.4 Å². The molecule has 0 unspecified atom stereocenters. The van der Waals surface area contributed by atoms with Gasteiger partial charge in [0.05, 0.1) is 38.8 Å². The Morgan fingerprint density at radius 1 is 1.06 bits per heavy atom. The van der Waals surface area contributed by atoms with Crippen LogP contribution >= 0.6 is 0 Å². The molecule has 3 aliphatic heterocycles. The fourth-order valence-corrected chi connectivity index (χ4v) is 5.62. The second kappa shape index (κ2) is 11.3. The third-order valence-electron chi connectivity index (χ3n) is 7.62. The lowest BCUT2D eigenvalue weighted by molar-refractivity contribution is -0.136. The van der Waals surface area contributed by atoms with Gasteiger partial charge in [-0.25, -0.2) is 0 Å². The number of carbonyl (C=O) groups is 2. The van der Waals surface area contributed by atoms with E-state index < -0.39 is 0 Å². The lowest BCUT2D eigenvalue weighted by Crippen LogP contribution is -2.62. The van der Waals surface area contributed by atoms with E-state index in [0.717, 1.165) is 30.9 Å². The van der Waals surface area contributed by atoms with Gasteiger partial charge in [-0.15, -0.1) is 0 Å². The molecule has 5 rings (SSSR count). The largest absolute Gasteiger partial charge is 0.497 e. The Balaban J connectivity index is 1.29. The van der Waals surface area contributed by atoms with Gasteiger partial charge in [0.25, 0.3) is 0 Å². The molecular formula is C28H36N4O4. The average Bonchev–Trinajstić information content (AvgIpc) is 2.93. The molecule has 3 aliphatic rings. The molecule has 2 fully saturated rings. The van der Waals surface area contributed by atoms with Crippen molar-refractivity contribution < 1.29 is 19.1 Å². The van der Waals surface area contributed by atoms with Gasteiger partial charge >= 0.3 is 0 Å². The number of fused-ring (bicyclic) bond motifs is 3. The minimum Gasteiger partial charge on any atom is -0.497 e. The molecule has 3 heterocycles. The van der Waals surface area contributed by atoms with E-state index in [1.807, 2.05) is 29.2 Å². The summed E-state index contributed by atoms with van der Waals surface area (Å²) in [6.07, 6.45) is 1.49. The number of ether oxygens (including phenoxy) is 2. The van der Waals surface area contributed by atoms with Gasteiger partial charge in [-0.2, -0.15) is 0 Å².